The van der Waals surface area contributed by atoms with Crippen LogP contribution in [0.4, 0.5) is 0 Å². The normalized spacial score (nSPS) is 19.8. The van der Waals surface area contributed by atoms with Crippen molar-refractivity contribution in [3.05, 3.63) is 39.7 Å². The Balaban J connectivity index is 1.40. The first-order chi connectivity index (χ1) is 13.4. The number of aromatic amines is 1. The third-order valence-electron chi connectivity index (χ3n) is 6.75. The van der Waals surface area contributed by atoms with Crippen molar-refractivity contribution in [1.82, 2.24) is 20.1 Å². The molecule has 0 unspecified atom stereocenters. The van der Waals surface area contributed by atoms with Gasteiger partial charge in [0.1, 0.15) is 5.82 Å². The molecule has 1 aromatic carbocycles. The quantitative estimate of drug-likeness (QED) is 0.833. The minimum atomic E-state index is -3.46. The molecule has 1 N–H and O–H groups in total. The second-order valence-electron chi connectivity index (χ2n) is 8.79. The van der Waals surface area contributed by atoms with E-state index >= 15 is 0 Å². The Kier molecular flexibility index (Phi) is 4.36. The van der Waals surface area contributed by atoms with Gasteiger partial charge >= 0.3 is 0 Å². The van der Waals surface area contributed by atoms with Gasteiger partial charge in [-0.25, -0.2) is 13.4 Å². The number of sulfone groups is 1. The van der Waals surface area contributed by atoms with Crippen molar-refractivity contribution in [2.45, 2.75) is 75.2 Å². The Morgan fingerprint density at radius 3 is 2.36 bits per heavy atom. The zero-order valence-corrected chi connectivity index (χ0v) is 17.5. The van der Waals surface area contributed by atoms with Crippen LogP contribution in [0.15, 0.2) is 11.2 Å². The van der Waals surface area contributed by atoms with Crippen molar-refractivity contribution < 1.29 is 8.42 Å². The van der Waals surface area contributed by atoms with Gasteiger partial charge in [0.05, 0.1) is 5.25 Å². The van der Waals surface area contributed by atoms with Gasteiger partial charge in [-0.15, -0.1) is 5.10 Å². The molecule has 2 aromatic rings. The molecule has 0 atom stereocenters. The lowest BCUT2D eigenvalue weighted by Crippen LogP contribution is -2.57. The van der Waals surface area contributed by atoms with Gasteiger partial charge in [-0.1, -0.05) is 6.07 Å². The number of nitrogens with zero attached hydrogens (tertiary/aromatic N) is 3. The molecule has 1 aliphatic heterocycles. The van der Waals surface area contributed by atoms with Crippen molar-refractivity contribution in [2.24, 2.45) is 0 Å². The zero-order valence-electron chi connectivity index (χ0n) is 16.7. The number of likely N-dealkylation sites (tertiary alicyclic amines) is 1. The van der Waals surface area contributed by atoms with E-state index in [4.69, 9.17) is 0 Å². The number of fused-ring (bicyclic) bond motifs is 2. The summed E-state index contributed by atoms with van der Waals surface area (Å²) in [5, 5.41) is 6.61. The lowest BCUT2D eigenvalue weighted by atomic mass is 9.92. The highest BCUT2D eigenvalue weighted by molar-refractivity contribution is 7.92. The van der Waals surface area contributed by atoms with Gasteiger partial charge in [0.15, 0.2) is 0 Å². The second kappa shape index (κ2) is 6.66. The maximum absolute atomic E-state index is 12.9. The highest BCUT2D eigenvalue weighted by Gasteiger charge is 2.41. The predicted molar refractivity (Wildman–Crippen MR) is 107 cm³/mol. The number of nitrogens with one attached hydrogen (secondary N) is 1. The summed E-state index contributed by atoms with van der Waals surface area (Å²) in [4.78, 5) is 6.59. The lowest BCUT2D eigenvalue weighted by Gasteiger charge is -2.40. The molecular formula is C21H28N4O2S. The molecule has 3 aliphatic rings. The lowest BCUT2D eigenvalue weighted by molar-refractivity contribution is 0.142. The molecule has 0 amide bonds. The van der Waals surface area contributed by atoms with Crippen LogP contribution in [-0.4, -0.2) is 52.9 Å². The van der Waals surface area contributed by atoms with Crippen molar-refractivity contribution >= 4 is 9.84 Å². The zero-order chi connectivity index (χ0) is 19.5. The Morgan fingerprint density at radius 2 is 1.75 bits per heavy atom. The number of hydrogen-bond acceptors (Lipinski definition) is 5. The smallest absolute Gasteiger partial charge is 0.267 e. The van der Waals surface area contributed by atoms with E-state index in [0.29, 0.717) is 31.4 Å². The third kappa shape index (κ3) is 2.90. The van der Waals surface area contributed by atoms with E-state index in [1.807, 2.05) is 0 Å². The van der Waals surface area contributed by atoms with Crippen molar-refractivity contribution in [3.8, 4) is 0 Å². The summed E-state index contributed by atoms with van der Waals surface area (Å²) in [6.07, 6.45) is 7.69. The van der Waals surface area contributed by atoms with Crippen LogP contribution < -0.4 is 0 Å². The van der Waals surface area contributed by atoms with Gasteiger partial charge in [-0.2, -0.15) is 0 Å². The van der Waals surface area contributed by atoms with E-state index in [-0.39, 0.29) is 10.4 Å². The first-order valence-corrected chi connectivity index (χ1v) is 12.0. The van der Waals surface area contributed by atoms with Gasteiger partial charge in [-0.3, -0.25) is 10.00 Å². The number of benzene rings is 1. The molecule has 5 rings (SSSR count). The van der Waals surface area contributed by atoms with E-state index < -0.39 is 9.84 Å². The largest absolute Gasteiger partial charge is 0.298 e. The summed E-state index contributed by atoms with van der Waals surface area (Å²) >= 11 is 0. The fourth-order valence-corrected chi connectivity index (χ4v) is 6.52. The summed E-state index contributed by atoms with van der Waals surface area (Å²) in [5.74, 6) is 0.674. The molecule has 0 spiro atoms. The molecule has 0 saturated carbocycles. The highest BCUT2D eigenvalue weighted by atomic mass is 32.2. The predicted octanol–water partition coefficient (Wildman–Crippen LogP) is 2.24. The SMILES string of the molecule is CC(C)N1CC(S(=O)(=O)c2n[nH]c(Cc3c4c(cc5c3CCC5)CCC4)n2)C1. The molecule has 2 heterocycles. The molecule has 7 heteroatoms. The van der Waals surface area contributed by atoms with Crippen LogP contribution in [0, 0.1) is 0 Å². The molecule has 1 aromatic heterocycles. The summed E-state index contributed by atoms with van der Waals surface area (Å²) in [7, 11) is -3.46. The number of hydrogen-bond donors (Lipinski definition) is 1. The van der Waals surface area contributed by atoms with E-state index in [2.05, 4.69) is 40.0 Å². The maximum atomic E-state index is 12.9. The molecule has 28 heavy (non-hydrogen) atoms. The van der Waals surface area contributed by atoms with Crippen LogP contribution in [0.3, 0.4) is 0 Å². The van der Waals surface area contributed by atoms with Gasteiger partial charge < -0.3 is 0 Å². The Morgan fingerprint density at radius 1 is 1.11 bits per heavy atom. The Hall–Kier alpha value is -1.73. The molecule has 1 fully saturated rings. The van der Waals surface area contributed by atoms with Gasteiger partial charge in [0.25, 0.3) is 5.16 Å². The van der Waals surface area contributed by atoms with Gasteiger partial charge in [0, 0.05) is 25.6 Å². The van der Waals surface area contributed by atoms with Gasteiger partial charge in [0.2, 0.25) is 9.84 Å². The molecule has 150 valence electrons. The first kappa shape index (κ1) is 18.3. The fraction of sp³-hybridized carbons (Fsp3) is 0.619. The topological polar surface area (TPSA) is 79.0 Å². The first-order valence-electron chi connectivity index (χ1n) is 10.5. The van der Waals surface area contributed by atoms with E-state index in [1.54, 1.807) is 0 Å². The van der Waals surface area contributed by atoms with Crippen LogP contribution in [0.25, 0.3) is 0 Å². The standard InChI is InChI=1S/C21H28N4O2S/c1-13(2)25-11-16(12-25)28(26,27)21-22-20(23-24-21)10-19-17-7-3-5-14(17)9-15-6-4-8-18(15)19/h9,13,16H,3-8,10-12H2,1-2H3,(H,22,23,24). The average molecular weight is 401 g/mol. The second-order valence-corrected chi connectivity index (χ2v) is 10.9. The van der Waals surface area contributed by atoms with Crippen LogP contribution in [-0.2, 0) is 41.9 Å². The van der Waals surface area contributed by atoms with Crippen LogP contribution in [0.2, 0.25) is 0 Å². The van der Waals surface area contributed by atoms with Crippen molar-refractivity contribution in [3.63, 3.8) is 0 Å². The van der Waals surface area contributed by atoms with Crippen LogP contribution in [0.5, 0.6) is 0 Å². The Bertz CT molecular complexity index is 987. The maximum Gasteiger partial charge on any atom is 0.267 e. The molecule has 0 radical (unpaired) electrons. The molecular weight excluding hydrogens is 372 g/mol. The van der Waals surface area contributed by atoms with Crippen molar-refractivity contribution in [2.75, 3.05) is 13.1 Å². The summed E-state index contributed by atoms with van der Waals surface area (Å²) < 4.78 is 25.7. The van der Waals surface area contributed by atoms with Crippen LogP contribution in [0.1, 0.15) is 60.3 Å². The minimum absolute atomic E-state index is 0.0277. The summed E-state index contributed by atoms with van der Waals surface area (Å²) in [5.41, 5.74) is 7.33. The third-order valence-corrected chi connectivity index (χ3v) is 8.62. The number of aryl methyl sites for hydroxylation is 2. The van der Waals surface area contributed by atoms with Crippen LogP contribution >= 0.6 is 0 Å². The highest BCUT2D eigenvalue weighted by Crippen LogP contribution is 2.36. The molecule has 2 aliphatic carbocycles. The van der Waals surface area contributed by atoms with E-state index in [0.717, 1.165) is 12.8 Å². The molecule has 0 bridgehead atoms. The van der Waals surface area contributed by atoms with Crippen molar-refractivity contribution in [1.29, 1.82) is 0 Å². The molecule has 1 saturated heterocycles. The summed E-state index contributed by atoms with van der Waals surface area (Å²) in [6, 6.07) is 2.79. The monoisotopic (exact) mass is 400 g/mol. The Labute approximate surface area is 166 Å². The fourth-order valence-electron chi connectivity index (χ4n) is 5.04. The van der Waals surface area contributed by atoms with E-state index in [1.165, 1.54) is 53.5 Å². The summed E-state index contributed by atoms with van der Waals surface area (Å²) in [6.45, 7) is 5.32. The minimum Gasteiger partial charge on any atom is -0.298 e. The number of rotatable bonds is 5. The number of H-pyrrole nitrogens is 1. The van der Waals surface area contributed by atoms with Gasteiger partial charge in [-0.05, 0) is 80.2 Å². The van der Waals surface area contributed by atoms with E-state index in [9.17, 15) is 8.42 Å². The number of aromatic nitrogens is 3. The average Bonchev–Trinajstić information content (AvgIpc) is 3.32. The molecule has 6 nitrogen and oxygen atoms in total.